The highest BCUT2D eigenvalue weighted by Gasteiger charge is 2.20. The van der Waals surface area contributed by atoms with Gasteiger partial charge in [-0.25, -0.2) is 15.0 Å². The van der Waals surface area contributed by atoms with E-state index in [9.17, 15) is 0 Å². The summed E-state index contributed by atoms with van der Waals surface area (Å²) < 4.78 is 8.68. The first kappa shape index (κ1) is 22.1. The molecule has 184 valence electrons. The molecule has 0 radical (unpaired) electrons. The third-order valence-electron chi connectivity index (χ3n) is 7.28. The molecule has 0 aliphatic rings. The van der Waals surface area contributed by atoms with Gasteiger partial charge in [0.1, 0.15) is 11.2 Å². The quantitative estimate of drug-likeness (QED) is 0.233. The minimum absolute atomic E-state index is 0.629. The van der Waals surface area contributed by atoms with Crippen molar-refractivity contribution in [3.63, 3.8) is 0 Å². The van der Waals surface area contributed by atoms with Crippen LogP contribution in [0.1, 0.15) is 5.56 Å². The van der Waals surface area contributed by atoms with Gasteiger partial charge < -0.3 is 4.42 Å². The molecule has 0 aliphatic heterocycles. The van der Waals surface area contributed by atoms with Gasteiger partial charge in [-0.15, -0.1) is 11.3 Å². The molecule has 8 rings (SSSR count). The van der Waals surface area contributed by atoms with Gasteiger partial charge in [0.05, 0.1) is 0 Å². The lowest BCUT2D eigenvalue weighted by molar-refractivity contribution is 0.669. The number of hydrogen-bond acceptors (Lipinski definition) is 5. The Kier molecular flexibility index (Phi) is 4.87. The Balaban J connectivity index is 1.47. The van der Waals surface area contributed by atoms with E-state index in [0.29, 0.717) is 17.5 Å². The summed E-state index contributed by atoms with van der Waals surface area (Å²) in [6.45, 7) is 2.17. The first-order valence-corrected chi connectivity index (χ1v) is 13.7. The molecule has 5 heteroatoms. The van der Waals surface area contributed by atoms with Gasteiger partial charge >= 0.3 is 0 Å². The molecule has 0 unspecified atom stereocenters. The summed E-state index contributed by atoms with van der Waals surface area (Å²) in [6, 6.07) is 37.2. The molecule has 4 nitrogen and oxygen atoms in total. The highest BCUT2D eigenvalue weighted by Crippen LogP contribution is 2.42. The Morgan fingerprint density at radius 1 is 0.513 bits per heavy atom. The first-order valence-electron chi connectivity index (χ1n) is 12.9. The maximum atomic E-state index is 6.18. The lowest BCUT2D eigenvalue weighted by Crippen LogP contribution is -2.00. The van der Waals surface area contributed by atoms with Crippen LogP contribution in [-0.4, -0.2) is 15.0 Å². The molecule has 0 spiro atoms. The van der Waals surface area contributed by atoms with Crippen molar-refractivity contribution in [2.24, 2.45) is 0 Å². The van der Waals surface area contributed by atoms with Gasteiger partial charge in [0.2, 0.25) is 0 Å². The van der Waals surface area contributed by atoms with E-state index in [0.717, 1.165) is 38.6 Å². The van der Waals surface area contributed by atoms with Crippen LogP contribution >= 0.6 is 11.3 Å². The van der Waals surface area contributed by atoms with Crippen molar-refractivity contribution in [1.29, 1.82) is 0 Å². The minimum Gasteiger partial charge on any atom is -0.456 e. The van der Waals surface area contributed by atoms with Crippen LogP contribution in [0.5, 0.6) is 0 Å². The molecule has 0 saturated carbocycles. The van der Waals surface area contributed by atoms with Crippen LogP contribution in [0.4, 0.5) is 0 Å². The van der Waals surface area contributed by atoms with Crippen LogP contribution in [0.2, 0.25) is 0 Å². The average molecular weight is 520 g/mol. The second-order valence-corrected chi connectivity index (χ2v) is 10.8. The molecule has 39 heavy (non-hydrogen) atoms. The number of aromatic nitrogens is 3. The highest BCUT2D eigenvalue weighted by atomic mass is 32.1. The number of rotatable bonds is 3. The summed E-state index contributed by atoms with van der Waals surface area (Å²) in [4.78, 5) is 15.2. The predicted octanol–water partition coefficient (Wildman–Crippen LogP) is 9.45. The molecule has 0 aliphatic carbocycles. The van der Waals surface area contributed by atoms with E-state index >= 15 is 0 Å². The first-order chi connectivity index (χ1) is 19.2. The standard InChI is InChI=1S/C34H21N3OS/c1-20-10-7-18-27-29(20)31-24(15-9-19-28(31)39-27)34-36-32(21-11-3-2-4-12-21)35-33(37-34)23-14-8-17-26-30(23)22-13-5-6-16-25(22)38-26/h2-19H,1H3. The molecule has 3 aromatic heterocycles. The molecule has 5 aromatic carbocycles. The Bertz CT molecular complexity index is 2190. The number of aryl methyl sites for hydroxylation is 1. The Hall–Kier alpha value is -4.87. The fourth-order valence-corrected chi connectivity index (χ4v) is 6.73. The summed E-state index contributed by atoms with van der Waals surface area (Å²) in [5, 5.41) is 4.52. The Morgan fingerprint density at radius 2 is 1.13 bits per heavy atom. The largest absolute Gasteiger partial charge is 0.456 e. The molecular weight excluding hydrogens is 498 g/mol. The fourth-order valence-electron chi connectivity index (χ4n) is 5.52. The number of thiophene rings is 1. The molecule has 0 bridgehead atoms. The van der Waals surface area contributed by atoms with Crippen LogP contribution < -0.4 is 0 Å². The van der Waals surface area contributed by atoms with E-state index in [4.69, 9.17) is 19.4 Å². The van der Waals surface area contributed by atoms with Crippen LogP contribution in [0.25, 0.3) is 76.3 Å². The minimum atomic E-state index is 0.629. The summed E-state index contributed by atoms with van der Waals surface area (Å²) >= 11 is 1.81. The summed E-state index contributed by atoms with van der Waals surface area (Å²) in [6.07, 6.45) is 0. The van der Waals surface area contributed by atoms with Crippen molar-refractivity contribution in [1.82, 2.24) is 15.0 Å². The van der Waals surface area contributed by atoms with E-state index in [1.54, 1.807) is 11.3 Å². The zero-order valence-electron chi connectivity index (χ0n) is 21.1. The van der Waals surface area contributed by atoms with Crippen LogP contribution in [0.3, 0.4) is 0 Å². The van der Waals surface area contributed by atoms with E-state index in [2.05, 4.69) is 55.5 Å². The molecule has 0 atom stereocenters. The van der Waals surface area contributed by atoms with Crippen LogP contribution in [0.15, 0.2) is 114 Å². The van der Waals surface area contributed by atoms with Crippen molar-refractivity contribution < 1.29 is 4.42 Å². The van der Waals surface area contributed by atoms with Gasteiger partial charge in [-0.3, -0.25) is 0 Å². The normalized spacial score (nSPS) is 11.7. The van der Waals surface area contributed by atoms with Crippen LogP contribution in [0, 0.1) is 6.92 Å². The van der Waals surface area contributed by atoms with Gasteiger partial charge in [-0.05, 0) is 36.8 Å². The summed E-state index contributed by atoms with van der Waals surface area (Å²) in [5.41, 5.74) is 5.81. The number of benzene rings is 5. The van der Waals surface area contributed by atoms with Crippen molar-refractivity contribution in [2.75, 3.05) is 0 Å². The number of nitrogens with zero attached hydrogens (tertiary/aromatic N) is 3. The predicted molar refractivity (Wildman–Crippen MR) is 161 cm³/mol. The lowest BCUT2D eigenvalue weighted by atomic mass is 10.0. The molecule has 0 saturated heterocycles. The van der Waals surface area contributed by atoms with Gasteiger partial charge in [-0.2, -0.15) is 0 Å². The van der Waals surface area contributed by atoms with Gasteiger partial charge in [0, 0.05) is 47.6 Å². The van der Waals surface area contributed by atoms with Gasteiger partial charge in [0.25, 0.3) is 0 Å². The molecular formula is C34H21N3OS. The zero-order valence-corrected chi connectivity index (χ0v) is 21.9. The van der Waals surface area contributed by atoms with E-state index in [1.807, 2.05) is 60.7 Å². The smallest absolute Gasteiger partial charge is 0.164 e. The second-order valence-electron chi connectivity index (χ2n) is 9.68. The number of para-hydroxylation sites is 1. The van der Waals surface area contributed by atoms with Crippen molar-refractivity contribution >= 4 is 53.4 Å². The zero-order chi connectivity index (χ0) is 25.9. The second kappa shape index (κ2) is 8.58. The Morgan fingerprint density at radius 3 is 1.95 bits per heavy atom. The molecule has 0 N–H and O–H groups in total. The van der Waals surface area contributed by atoms with E-state index < -0.39 is 0 Å². The molecule has 3 heterocycles. The average Bonchev–Trinajstić information content (AvgIpc) is 3.56. The number of fused-ring (bicyclic) bond motifs is 6. The van der Waals surface area contributed by atoms with Gasteiger partial charge in [0.15, 0.2) is 17.5 Å². The third-order valence-corrected chi connectivity index (χ3v) is 8.40. The molecule has 0 fully saturated rings. The maximum absolute atomic E-state index is 6.18. The van der Waals surface area contributed by atoms with E-state index in [1.165, 1.54) is 25.7 Å². The summed E-state index contributed by atoms with van der Waals surface area (Å²) in [5.74, 6) is 1.94. The van der Waals surface area contributed by atoms with Crippen LogP contribution in [-0.2, 0) is 0 Å². The highest BCUT2D eigenvalue weighted by molar-refractivity contribution is 7.26. The monoisotopic (exact) mass is 519 g/mol. The molecule has 8 aromatic rings. The topological polar surface area (TPSA) is 51.8 Å². The molecule has 0 amide bonds. The number of hydrogen-bond donors (Lipinski definition) is 0. The number of furan rings is 1. The van der Waals surface area contributed by atoms with Crippen molar-refractivity contribution in [2.45, 2.75) is 6.92 Å². The van der Waals surface area contributed by atoms with Gasteiger partial charge in [-0.1, -0.05) is 84.9 Å². The van der Waals surface area contributed by atoms with Crippen molar-refractivity contribution in [3.8, 4) is 34.2 Å². The maximum Gasteiger partial charge on any atom is 0.164 e. The SMILES string of the molecule is Cc1cccc2sc3cccc(-c4nc(-c5ccccc5)nc(-c5cccc6oc7ccccc7c56)n4)c3c12. The van der Waals surface area contributed by atoms with Crippen molar-refractivity contribution in [3.05, 3.63) is 115 Å². The lowest BCUT2D eigenvalue weighted by Gasteiger charge is -2.10. The summed E-state index contributed by atoms with van der Waals surface area (Å²) in [7, 11) is 0. The van der Waals surface area contributed by atoms with E-state index in [-0.39, 0.29) is 0 Å². The fraction of sp³-hybridized carbons (Fsp3) is 0.0294. The Labute approximate surface area is 228 Å². The third kappa shape index (κ3) is 3.47.